The molecule has 2 rings (SSSR count). The Labute approximate surface area is 111 Å². The zero-order chi connectivity index (χ0) is 14.2. The first-order valence-corrected chi connectivity index (χ1v) is 6.02. The van der Waals surface area contributed by atoms with Crippen molar-refractivity contribution in [3.05, 3.63) is 23.7 Å². The number of rotatable bonds is 3. The lowest BCUT2D eigenvalue weighted by molar-refractivity contribution is 0.0291. The van der Waals surface area contributed by atoms with Gasteiger partial charge in [0.25, 0.3) is 0 Å². The molecule has 0 saturated carbocycles. The molecular weight excluding hydrogens is 246 g/mol. The molecule has 2 unspecified atom stereocenters. The van der Waals surface area contributed by atoms with E-state index in [1.807, 2.05) is 20.8 Å². The van der Waals surface area contributed by atoms with Crippen LogP contribution in [0.4, 0.5) is 11.8 Å². The van der Waals surface area contributed by atoms with Crippen LogP contribution in [0.25, 0.3) is 0 Å². The molecular formula is C12H19N5O2. The van der Waals surface area contributed by atoms with E-state index in [-0.39, 0.29) is 11.5 Å². The van der Waals surface area contributed by atoms with Gasteiger partial charge < -0.3 is 26.6 Å². The maximum absolute atomic E-state index is 9.79. The van der Waals surface area contributed by atoms with Crippen molar-refractivity contribution in [3.63, 3.8) is 0 Å². The number of aromatic nitrogens is 2. The first-order valence-electron chi connectivity index (χ1n) is 6.02. The smallest absolute Gasteiger partial charge is 0.221 e. The van der Waals surface area contributed by atoms with E-state index < -0.39 is 12.2 Å². The van der Waals surface area contributed by atoms with Crippen LogP contribution >= 0.6 is 0 Å². The molecule has 1 heterocycles. The summed E-state index contributed by atoms with van der Waals surface area (Å²) in [6, 6.07) is 1.63. The summed E-state index contributed by atoms with van der Waals surface area (Å²) in [5, 5.41) is 25.7. The van der Waals surface area contributed by atoms with Gasteiger partial charge in [0, 0.05) is 11.7 Å². The molecule has 104 valence electrons. The molecule has 7 nitrogen and oxygen atoms in total. The van der Waals surface area contributed by atoms with Crippen molar-refractivity contribution in [3.8, 4) is 0 Å². The zero-order valence-electron chi connectivity index (χ0n) is 11.2. The molecule has 2 atom stereocenters. The third-order valence-corrected chi connectivity index (χ3v) is 2.63. The van der Waals surface area contributed by atoms with E-state index >= 15 is 0 Å². The van der Waals surface area contributed by atoms with Crippen LogP contribution in [0.15, 0.2) is 23.7 Å². The quantitative estimate of drug-likeness (QED) is 0.514. The fourth-order valence-corrected chi connectivity index (χ4v) is 1.81. The van der Waals surface area contributed by atoms with Gasteiger partial charge in [0.2, 0.25) is 5.95 Å². The summed E-state index contributed by atoms with van der Waals surface area (Å²) in [4.78, 5) is 7.77. The third-order valence-electron chi connectivity index (χ3n) is 2.63. The number of nitrogens with zero attached hydrogens (tertiary/aromatic N) is 2. The Morgan fingerprint density at radius 3 is 2.42 bits per heavy atom. The van der Waals surface area contributed by atoms with Crippen molar-refractivity contribution in [2.75, 3.05) is 11.1 Å². The number of nitrogen functional groups attached to an aromatic ring is 1. The maximum Gasteiger partial charge on any atom is 0.221 e. The topological polar surface area (TPSA) is 116 Å². The monoisotopic (exact) mass is 265 g/mol. The van der Waals surface area contributed by atoms with E-state index in [0.29, 0.717) is 17.2 Å². The Kier molecular flexibility index (Phi) is 3.34. The number of nitrogens with one attached hydrogen (secondary N) is 2. The number of aliphatic hydroxyl groups is 2. The van der Waals surface area contributed by atoms with Gasteiger partial charge in [0.15, 0.2) is 0 Å². The van der Waals surface area contributed by atoms with Crippen molar-refractivity contribution in [1.82, 2.24) is 15.3 Å². The van der Waals surface area contributed by atoms with Gasteiger partial charge in [-0.2, -0.15) is 4.98 Å². The van der Waals surface area contributed by atoms with Gasteiger partial charge >= 0.3 is 0 Å². The van der Waals surface area contributed by atoms with Crippen molar-refractivity contribution in [2.45, 2.75) is 38.5 Å². The van der Waals surface area contributed by atoms with Gasteiger partial charge in [-0.25, -0.2) is 4.98 Å². The summed E-state index contributed by atoms with van der Waals surface area (Å²) < 4.78 is 0. The molecule has 1 aliphatic rings. The lowest BCUT2D eigenvalue weighted by atomic mass is 9.91. The Bertz CT molecular complexity index is 509. The summed E-state index contributed by atoms with van der Waals surface area (Å²) in [6.07, 6.45) is -0.356. The number of hydrogen-bond acceptors (Lipinski definition) is 7. The normalized spacial score (nSPS) is 23.0. The zero-order valence-corrected chi connectivity index (χ0v) is 11.2. The highest BCUT2D eigenvalue weighted by molar-refractivity contribution is 5.51. The fourth-order valence-electron chi connectivity index (χ4n) is 1.81. The number of aliphatic hydroxyl groups excluding tert-OH is 2. The van der Waals surface area contributed by atoms with Crippen molar-refractivity contribution < 1.29 is 10.2 Å². The van der Waals surface area contributed by atoms with Gasteiger partial charge in [-0.05, 0) is 26.8 Å². The molecule has 0 radical (unpaired) electrons. The summed E-state index contributed by atoms with van der Waals surface area (Å²) in [5.74, 6) is 0.618. The lowest BCUT2D eigenvalue weighted by Gasteiger charge is -2.39. The first kappa shape index (κ1) is 13.6. The van der Waals surface area contributed by atoms with Crippen LogP contribution in [-0.4, -0.2) is 37.9 Å². The van der Waals surface area contributed by atoms with E-state index in [9.17, 15) is 10.2 Å². The number of nitrogens with two attached hydrogens (primary N) is 1. The van der Waals surface area contributed by atoms with Crippen molar-refractivity contribution in [1.29, 1.82) is 0 Å². The lowest BCUT2D eigenvalue weighted by Crippen LogP contribution is -2.53. The Balaban J connectivity index is 2.21. The second-order valence-corrected chi connectivity index (χ2v) is 5.52. The van der Waals surface area contributed by atoms with Crippen LogP contribution in [0.2, 0.25) is 0 Å². The minimum Gasteiger partial charge on any atom is -0.384 e. The number of hydrogen-bond donors (Lipinski definition) is 5. The second kappa shape index (κ2) is 4.67. The van der Waals surface area contributed by atoms with E-state index in [1.54, 1.807) is 6.07 Å². The minimum atomic E-state index is -0.957. The van der Waals surface area contributed by atoms with Crippen molar-refractivity contribution in [2.24, 2.45) is 0 Å². The van der Waals surface area contributed by atoms with Crippen LogP contribution in [-0.2, 0) is 0 Å². The third kappa shape index (κ3) is 2.94. The van der Waals surface area contributed by atoms with Crippen LogP contribution in [0.3, 0.4) is 0 Å². The summed E-state index contributed by atoms with van der Waals surface area (Å²) in [7, 11) is 0. The van der Waals surface area contributed by atoms with Crippen LogP contribution < -0.4 is 16.4 Å². The minimum absolute atomic E-state index is 0.144. The number of anilines is 2. The second-order valence-electron chi connectivity index (χ2n) is 5.52. The van der Waals surface area contributed by atoms with E-state index in [4.69, 9.17) is 5.73 Å². The van der Waals surface area contributed by atoms with Crippen LogP contribution in [0.1, 0.15) is 20.8 Å². The molecule has 0 aromatic carbocycles. The average Bonchev–Trinajstić information content (AvgIpc) is 2.32. The van der Waals surface area contributed by atoms with E-state index in [1.165, 1.54) is 6.20 Å². The molecule has 1 aromatic rings. The summed E-state index contributed by atoms with van der Waals surface area (Å²) in [5.41, 5.74) is 6.34. The molecule has 1 aromatic heterocycles. The molecule has 0 amide bonds. The van der Waals surface area contributed by atoms with E-state index in [0.717, 1.165) is 0 Å². The Morgan fingerprint density at radius 2 is 1.84 bits per heavy atom. The Morgan fingerprint density at radius 1 is 1.21 bits per heavy atom. The molecule has 0 fully saturated rings. The molecule has 7 heteroatoms. The molecule has 6 N–H and O–H groups in total. The summed E-state index contributed by atoms with van der Waals surface area (Å²) in [6.45, 7) is 5.91. The molecule has 0 aliphatic heterocycles. The predicted octanol–water partition coefficient (Wildman–Crippen LogP) is -0.194. The Hall–Kier alpha value is -1.86. The highest BCUT2D eigenvalue weighted by Crippen LogP contribution is 2.29. The van der Waals surface area contributed by atoms with Gasteiger partial charge in [-0.1, -0.05) is 0 Å². The highest BCUT2D eigenvalue weighted by atomic mass is 16.3. The van der Waals surface area contributed by atoms with Gasteiger partial charge in [0.1, 0.15) is 18.0 Å². The van der Waals surface area contributed by atoms with Gasteiger partial charge in [-0.3, -0.25) is 0 Å². The van der Waals surface area contributed by atoms with Crippen molar-refractivity contribution >= 4 is 11.8 Å². The first-order chi connectivity index (χ1) is 8.78. The maximum atomic E-state index is 9.79. The molecule has 1 aliphatic carbocycles. The molecule has 0 saturated heterocycles. The summed E-state index contributed by atoms with van der Waals surface area (Å²) >= 11 is 0. The highest BCUT2D eigenvalue weighted by Gasteiger charge is 2.40. The standard InChI is InChI=1S/C12H19N5O2/c1-12(2,3)17-8-7(9(18)10(8)19)15-6-4-5-14-11(13)16-6/h4-5,9-10,17-19H,1-3H3,(H3,13,14,15,16). The predicted molar refractivity (Wildman–Crippen MR) is 72.0 cm³/mol. The van der Waals surface area contributed by atoms with Gasteiger partial charge in [-0.15, -0.1) is 0 Å². The SMILES string of the molecule is CC(C)(C)NC1=C(Nc2ccnc(N)n2)C(O)C1O. The average molecular weight is 265 g/mol. The van der Waals surface area contributed by atoms with Gasteiger partial charge in [0.05, 0.1) is 11.4 Å². The largest absolute Gasteiger partial charge is 0.384 e. The fraction of sp³-hybridized carbons (Fsp3) is 0.500. The molecule has 19 heavy (non-hydrogen) atoms. The van der Waals surface area contributed by atoms with Crippen LogP contribution in [0.5, 0.6) is 0 Å². The van der Waals surface area contributed by atoms with Crippen LogP contribution in [0, 0.1) is 0 Å². The molecule has 0 bridgehead atoms. The molecule has 0 spiro atoms. The van der Waals surface area contributed by atoms with E-state index in [2.05, 4.69) is 20.6 Å².